The Morgan fingerprint density at radius 1 is 1.27 bits per heavy atom. The number of halogens is 1. The number of carbonyl (C=O) groups excluding carboxylic acids is 1. The Balaban J connectivity index is 2.05. The minimum absolute atomic E-state index is 0.104. The number of rotatable bonds is 9. The Kier molecular flexibility index (Phi) is 7.21. The fraction of sp³-hybridized carbons (Fsp3) is 0.421. The van der Waals surface area contributed by atoms with Crippen molar-refractivity contribution in [2.45, 2.75) is 45.4 Å². The van der Waals surface area contributed by atoms with Crippen molar-refractivity contribution >= 4 is 23.5 Å². The second-order valence-electron chi connectivity index (χ2n) is 6.45. The van der Waals surface area contributed by atoms with E-state index in [0.29, 0.717) is 23.6 Å². The molecule has 0 saturated heterocycles. The number of unbranched alkanes of at least 4 members (excludes halogenated alkanes) is 2. The molecule has 0 unspecified atom stereocenters. The van der Waals surface area contributed by atoms with Crippen molar-refractivity contribution in [3.63, 3.8) is 0 Å². The zero-order valence-electron chi connectivity index (χ0n) is 15.0. The molecule has 0 spiro atoms. The van der Waals surface area contributed by atoms with E-state index in [1.54, 1.807) is 16.9 Å². The molecule has 0 aliphatic carbocycles. The minimum atomic E-state index is -0.788. The zero-order valence-corrected chi connectivity index (χ0v) is 15.8. The molecule has 0 radical (unpaired) electrons. The Labute approximate surface area is 158 Å². The molecule has 0 aliphatic heterocycles. The van der Waals surface area contributed by atoms with Crippen LogP contribution in [-0.4, -0.2) is 33.3 Å². The van der Waals surface area contributed by atoms with E-state index in [9.17, 15) is 9.59 Å². The second kappa shape index (κ2) is 9.38. The molecule has 1 aromatic heterocycles. The van der Waals surface area contributed by atoms with Gasteiger partial charge in [0.25, 0.3) is 5.91 Å². The van der Waals surface area contributed by atoms with E-state index in [1.807, 2.05) is 32.0 Å². The molecule has 0 saturated carbocycles. The van der Waals surface area contributed by atoms with E-state index in [-0.39, 0.29) is 18.2 Å². The quantitative estimate of drug-likeness (QED) is 0.646. The Morgan fingerprint density at radius 3 is 2.69 bits per heavy atom. The van der Waals surface area contributed by atoms with Gasteiger partial charge in [-0.15, -0.1) is 0 Å². The van der Waals surface area contributed by atoms with Gasteiger partial charge in [0.15, 0.2) is 0 Å². The Bertz CT molecular complexity index is 771. The average molecular weight is 378 g/mol. The summed E-state index contributed by atoms with van der Waals surface area (Å²) in [6, 6.07) is 7.35. The van der Waals surface area contributed by atoms with Gasteiger partial charge in [0.2, 0.25) is 0 Å². The molecule has 1 amide bonds. The van der Waals surface area contributed by atoms with Crippen LogP contribution in [0.5, 0.6) is 0 Å². The van der Waals surface area contributed by atoms with E-state index >= 15 is 0 Å². The van der Waals surface area contributed by atoms with Crippen molar-refractivity contribution in [3.05, 3.63) is 46.7 Å². The standard InChI is InChI=1S/C19H24ClN3O3/c1-13(2)18-16(19(26)21-10-5-3-4-9-17(24)25)12-22-23(18)15-8-6-7-14(20)11-15/h6-8,11-13H,3-5,9-10H2,1-2H3,(H,21,26)(H,24,25). The summed E-state index contributed by atoms with van der Waals surface area (Å²) < 4.78 is 1.75. The van der Waals surface area contributed by atoms with Gasteiger partial charge >= 0.3 is 5.97 Å². The van der Waals surface area contributed by atoms with Crippen LogP contribution in [0.3, 0.4) is 0 Å². The lowest BCUT2D eigenvalue weighted by atomic mass is 10.0. The first-order valence-corrected chi connectivity index (χ1v) is 9.11. The van der Waals surface area contributed by atoms with Crippen LogP contribution in [0.4, 0.5) is 0 Å². The van der Waals surface area contributed by atoms with Gasteiger partial charge in [-0.2, -0.15) is 5.10 Å². The average Bonchev–Trinajstić information content (AvgIpc) is 3.03. The molecule has 1 heterocycles. The third-order valence-electron chi connectivity index (χ3n) is 4.00. The van der Waals surface area contributed by atoms with Crippen LogP contribution in [-0.2, 0) is 4.79 Å². The molecule has 140 valence electrons. The molecule has 2 aromatic rings. The lowest BCUT2D eigenvalue weighted by Crippen LogP contribution is -2.25. The SMILES string of the molecule is CC(C)c1c(C(=O)NCCCCCC(=O)O)cnn1-c1cccc(Cl)c1. The number of hydrogen-bond donors (Lipinski definition) is 2. The van der Waals surface area contributed by atoms with Gasteiger partial charge in [-0.25, -0.2) is 4.68 Å². The van der Waals surface area contributed by atoms with Crippen molar-refractivity contribution < 1.29 is 14.7 Å². The molecule has 1 aromatic carbocycles. The molecular formula is C19H24ClN3O3. The molecule has 0 atom stereocenters. The van der Waals surface area contributed by atoms with Gasteiger partial charge in [-0.05, 0) is 37.0 Å². The van der Waals surface area contributed by atoms with Gasteiger partial charge in [-0.3, -0.25) is 9.59 Å². The smallest absolute Gasteiger partial charge is 0.303 e. The number of aromatic nitrogens is 2. The molecule has 0 aliphatic rings. The summed E-state index contributed by atoms with van der Waals surface area (Å²) in [5.41, 5.74) is 2.19. The number of carboxylic acids is 1. The van der Waals surface area contributed by atoms with E-state index in [0.717, 1.165) is 24.2 Å². The fourth-order valence-corrected chi connectivity index (χ4v) is 2.96. The van der Waals surface area contributed by atoms with Crippen molar-refractivity contribution in [2.75, 3.05) is 6.54 Å². The lowest BCUT2D eigenvalue weighted by molar-refractivity contribution is -0.137. The summed E-state index contributed by atoms with van der Waals surface area (Å²) in [6.45, 7) is 4.54. The van der Waals surface area contributed by atoms with Crippen LogP contribution in [0.1, 0.15) is 61.5 Å². The molecule has 6 nitrogen and oxygen atoms in total. The molecule has 2 N–H and O–H groups in total. The minimum Gasteiger partial charge on any atom is -0.481 e. The zero-order chi connectivity index (χ0) is 19.1. The summed E-state index contributed by atoms with van der Waals surface area (Å²) in [6.07, 6.45) is 3.88. The first-order valence-electron chi connectivity index (χ1n) is 8.74. The third kappa shape index (κ3) is 5.33. The number of carboxylic acid groups (broad SMARTS) is 1. The molecule has 26 heavy (non-hydrogen) atoms. The van der Waals surface area contributed by atoms with E-state index in [1.165, 1.54) is 0 Å². The molecule has 7 heteroatoms. The lowest BCUT2D eigenvalue weighted by Gasteiger charge is -2.13. The first-order chi connectivity index (χ1) is 12.4. The van der Waals surface area contributed by atoms with Gasteiger partial charge in [0, 0.05) is 18.0 Å². The fourth-order valence-electron chi connectivity index (χ4n) is 2.78. The Morgan fingerprint density at radius 2 is 2.04 bits per heavy atom. The number of hydrogen-bond acceptors (Lipinski definition) is 3. The molecular weight excluding hydrogens is 354 g/mol. The highest BCUT2D eigenvalue weighted by molar-refractivity contribution is 6.30. The number of nitrogens with zero attached hydrogens (tertiary/aromatic N) is 2. The summed E-state index contributed by atoms with van der Waals surface area (Å²) in [5, 5.41) is 16.5. The van der Waals surface area contributed by atoms with Crippen LogP contribution >= 0.6 is 11.6 Å². The van der Waals surface area contributed by atoms with Crippen molar-refractivity contribution in [3.8, 4) is 5.69 Å². The summed E-state index contributed by atoms with van der Waals surface area (Å²) >= 11 is 6.07. The second-order valence-corrected chi connectivity index (χ2v) is 6.89. The maximum Gasteiger partial charge on any atom is 0.303 e. The molecule has 0 bridgehead atoms. The van der Waals surface area contributed by atoms with Crippen molar-refractivity contribution in [1.29, 1.82) is 0 Å². The van der Waals surface area contributed by atoms with E-state index < -0.39 is 5.97 Å². The molecule has 2 rings (SSSR count). The normalized spacial score (nSPS) is 10.9. The topological polar surface area (TPSA) is 84.2 Å². The van der Waals surface area contributed by atoms with Crippen LogP contribution < -0.4 is 5.32 Å². The van der Waals surface area contributed by atoms with Crippen LogP contribution in [0.25, 0.3) is 5.69 Å². The van der Waals surface area contributed by atoms with E-state index in [2.05, 4.69) is 10.4 Å². The van der Waals surface area contributed by atoms with Gasteiger partial charge in [-0.1, -0.05) is 37.9 Å². The number of aliphatic carboxylic acids is 1. The monoisotopic (exact) mass is 377 g/mol. The van der Waals surface area contributed by atoms with Gasteiger partial charge in [0.05, 0.1) is 23.1 Å². The summed E-state index contributed by atoms with van der Waals surface area (Å²) in [4.78, 5) is 23.0. The maximum atomic E-state index is 12.5. The third-order valence-corrected chi connectivity index (χ3v) is 4.24. The van der Waals surface area contributed by atoms with Crippen LogP contribution in [0.15, 0.2) is 30.5 Å². The van der Waals surface area contributed by atoms with Crippen molar-refractivity contribution in [1.82, 2.24) is 15.1 Å². The maximum absolute atomic E-state index is 12.5. The highest BCUT2D eigenvalue weighted by Gasteiger charge is 2.20. The summed E-state index contributed by atoms with van der Waals surface area (Å²) in [7, 11) is 0. The number of benzene rings is 1. The largest absolute Gasteiger partial charge is 0.481 e. The first kappa shape index (κ1) is 20.0. The number of nitrogens with one attached hydrogen (secondary N) is 1. The van der Waals surface area contributed by atoms with Gasteiger partial charge in [0.1, 0.15) is 0 Å². The summed E-state index contributed by atoms with van der Waals surface area (Å²) in [5.74, 6) is -0.850. The highest BCUT2D eigenvalue weighted by Crippen LogP contribution is 2.24. The van der Waals surface area contributed by atoms with Crippen LogP contribution in [0, 0.1) is 0 Å². The number of amides is 1. The highest BCUT2D eigenvalue weighted by atomic mass is 35.5. The van der Waals surface area contributed by atoms with Crippen molar-refractivity contribution in [2.24, 2.45) is 0 Å². The molecule has 0 fully saturated rings. The van der Waals surface area contributed by atoms with Gasteiger partial charge < -0.3 is 10.4 Å². The van der Waals surface area contributed by atoms with E-state index in [4.69, 9.17) is 16.7 Å². The Hall–Kier alpha value is -2.34. The predicted molar refractivity (Wildman–Crippen MR) is 101 cm³/mol. The number of carbonyl (C=O) groups is 2. The van der Waals surface area contributed by atoms with Crippen LogP contribution in [0.2, 0.25) is 5.02 Å². The predicted octanol–water partition coefficient (Wildman–Crippen LogP) is 4.02.